The second-order valence-corrected chi connectivity index (χ2v) is 4.81. The minimum Gasteiger partial charge on any atom is -0.339 e. The number of nitrogens with one attached hydrogen (secondary N) is 1. The van der Waals surface area contributed by atoms with Gasteiger partial charge >= 0.3 is 0 Å². The van der Waals surface area contributed by atoms with Gasteiger partial charge in [0.05, 0.1) is 12.2 Å². The molecule has 1 fully saturated rings. The molecule has 94 valence electrons. The minimum atomic E-state index is 0.192. The summed E-state index contributed by atoms with van der Waals surface area (Å²) in [7, 11) is 1.93. The van der Waals surface area contributed by atoms with Crippen LogP contribution in [0.5, 0.6) is 0 Å². The maximum absolute atomic E-state index is 12.0. The van der Waals surface area contributed by atoms with Gasteiger partial charge in [0.15, 0.2) is 0 Å². The van der Waals surface area contributed by atoms with Gasteiger partial charge in [-0.25, -0.2) is 0 Å². The van der Waals surface area contributed by atoms with Crippen LogP contribution in [0.1, 0.15) is 5.69 Å². The highest BCUT2D eigenvalue weighted by molar-refractivity contribution is 7.03. The van der Waals surface area contributed by atoms with Gasteiger partial charge in [0, 0.05) is 38.1 Å². The molecule has 0 atom stereocenters. The molecule has 1 aliphatic heterocycles. The summed E-state index contributed by atoms with van der Waals surface area (Å²) in [4.78, 5) is 15.8. The molecule has 0 spiro atoms. The van der Waals surface area contributed by atoms with Crippen LogP contribution in [0.4, 0.5) is 0 Å². The van der Waals surface area contributed by atoms with Crippen LogP contribution in [0.25, 0.3) is 0 Å². The molecule has 1 aromatic heterocycles. The summed E-state index contributed by atoms with van der Waals surface area (Å²) in [5.41, 5.74) is 0.922. The Bertz CT molecular complexity index is 350. The molecular formula is C10H17N5OS. The van der Waals surface area contributed by atoms with Crippen molar-refractivity contribution in [1.29, 1.82) is 0 Å². The average molecular weight is 255 g/mol. The second-order valence-electron chi connectivity index (χ2n) is 4.20. The predicted octanol–water partition coefficient (Wildman–Crippen LogP) is -0.598. The van der Waals surface area contributed by atoms with E-state index in [1.807, 2.05) is 22.2 Å². The first-order chi connectivity index (χ1) is 8.25. The predicted molar refractivity (Wildman–Crippen MR) is 65.7 cm³/mol. The van der Waals surface area contributed by atoms with Crippen LogP contribution in [0, 0.1) is 0 Å². The summed E-state index contributed by atoms with van der Waals surface area (Å²) in [5, 5.41) is 9.11. The van der Waals surface area contributed by atoms with E-state index in [1.165, 1.54) is 11.5 Å². The molecule has 7 heteroatoms. The van der Waals surface area contributed by atoms with Gasteiger partial charge in [-0.2, -0.15) is 0 Å². The first-order valence-corrected chi connectivity index (χ1v) is 6.52. The van der Waals surface area contributed by atoms with Crippen LogP contribution in [0.15, 0.2) is 5.38 Å². The van der Waals surface area contributed by atoms with E-state index in [0.717, 1.165) is 31.9 Å². The number of piperazine rings is 1. The number of carbonyl (C=O) groups is 1. The number of nitrogens with zero attached hydrogens (tertiary/aromatic N) is 4. The second kappa shape index (κ2) is 6.04. The Morgan fingerprint density at radius 3 is 3.00 bits per heavy atom. The fourth-order valence-corrected chi connectivity index (χ4v) is 2.27. The van der Waals surface area contributed by atoms with Gasteiger partial charge < -0.3 is 10.2 Å². The Morgan fingerprint density at radius 2 is 2.35 bits per heavy atom. The van der Waals surface area contributed by atoms with Crippen molar-refractivity contribution in [1.82, 2.24) is 24.7 Å². The van der Waals surface area contributed by atoms with Crippen molar-refractivity contribution in [2.24, 2.45) is 0 Å². The number of carbonyl (C=O) groups excluding carboxylic acids is 1. The van der Waals surface area contributed by atoms with Gasteiger partial charge in [-0.3, -0.25) is 9.69 Å². The Balaban J connectivity index is 1.77. The smallest absolute Gasteiger partial charge is 0.236 e. The van der Waals surface area contributed by atoms with Gasteiger partial charge in [-0.05, 0) is 18.6 Å². The van der Waals surface area contributed by atoms with E-state index >= 15 is 0 Å². The van der Waals surface area contributed by atoms with Crippen molar-refractivity contribution >= 4 is 17.4 Å². The zero-order valence-electron chi connectivity index (χ0n) is 9.93. The average Bonchev–Trinajstić information content (AvgIpc) is 2.82. The van der Waals surface area contributed by atoms with Crippen molar-refractivity contribution in [2.75, 3.05) is 39.8 Å². The topological polar surface area (TPSA) is 61.4 Å². The maximum Gasteiger partial charge on any atom is 0.236 e. The van der Waals surface area contributed by atoms with Gasteiger partial charge in [-0.1, -0.05) is 4.49 Å². The molecule has 2 heterocycles. The van der Waals surface area contributed by atoms with E-state index in [-0.39, 0.29) is 5.91 Å². The summed E-state index contributed by atoms with van der Waals surface area (Å²) < 4.78 is 3.81. The molecular weight excluding hydrogens is 238 g/mol. The lowest BCUT2D eigenvalue weighted by atomic mass is 10.3. The third-order valence-electron chi connectivity index (χ3n) is 2.71. The molecule has 0 aromatic carbocycles. The maximum atomic E-state index is 12.0. The number of hydrogen-bond donors (Lipinski definition) is 1. The van der Waals surface area contributed by atoms with Crippen molar-refractivity contribution < 1.29 is 4.79 Å². The Labute approximate surface area is 105 Å². The van der Waals surface area contributed by atoms with E-state index in [2.05, 4.69) is 14.9 Å². The number of hydrogen-bond acceptors (Lipinski definition) is 6. The molecule has 0 aliphatic carbocycles. The lowest BCUT2D eigenvalue weighted by molar-refractivity contribution is -0.132. The molecule has 2 rings (SSSR count). The zero-order valence-corrected chi connectivity index (χ0v) is 10.7. The van der Waals surface area contributed by atoms with E-state index < -0.39 is 0 Å². The number of rotatable bonds is 4. The minimum absolute atomic E-state index is 0.192. The molecule has 6 nitrogen and oxygen atoms in total. The summed E-state index contributed by atoms with van der Waals surface area (Å²) in [6.45, 7) is 4.53. The fraction of sp³-hybridized carbons (Fsp3) is 0.700. The molecule has 0 bridgehead atoms. The number of amides is 1. The first kappa shape index (κ1) is 12.4. The Kier molecular flexibility index (Phi) is 4.41. The van der Waals surface area contributed by atoms with Crippen molar-refractivity contribution in [3.05, 3.63) is 11.1 Å². The summed E-state index contributed by atoms with van der Waals surface area (Å²) in [5.74, 6) is 0.192. The molecule has 0 unspecified atom stereocenters. The summed E-state index contributed by atoms with van der Waals surface area (Å²) in [6, 6.07) is 0. The van der Waals surface area contributed by atoms with Crippen LogP contribution in [-0.4, -0.2) is 65.1 Å². The first-order valence-electron chi connectivity index (χ1n) is 5.68. The number of likely N-dealkylation sites (N-methyl/N-ethyl adjacent to an activating group) is 1. The van der Waals surface area contributed by atoms with Crippen molar-refractivity contribution in [3.8, 4) is 0 Å². The van der Waals surface area contributed by atoms with E-state index in [4.69, 9.17) is 0 Å². The van der Waals surface area contributed by atoms with Crippen LogP contribution in [0.3, 0.4) is 0 Å². The van der Waals surface area contributed by atoms with Gasteiger partial charge in [0.2, 0.25) is 5.91 Å². The fourth-order valence-electron chi connectivity index (χ4n) is 1.83. The highest BCUT2D eigenvalue weighted by Crippen LogP contribution is 2.02. The quantitative estimate of drug-likeness (QED) is 0.778. The molecule has 1 saturated heterocycles. The van der Waals surface area contributed by atoms with Crippen LogP contribution in [0.2, 0.25) is 0 Å². The van der Waals surface area contributed by atoms with Crippen LogP contribution < -0.4 is 5.32 Å². The summed E-state index contributed by atoms with van der Waals surface area (Å²) >= 11 is 1.34. The van der Waals surface area contributed by atoms with Crippen LogP contribution >= 0.6 is 11.5 Å². The van der Waals surface area contributed by atoms with Crippen molar-refractivity contribution in [2.45, 2.75) is 6.54 Å². The van der Waals surface area contributed by atoms with Crippen molar-refractivity contribution in [3.63, 3.8) is 0 Å². The largest absolute Gasteiger partial charge is 0.339 e. The molecule has 1 N–H and O–H groups in total. The monoisotopic (exact) mass is 255 g/mol. The van der Waals surface area contributed by atoms with E-state index in [1.54, 1.807) is 0 Å². The third kappa shape index (κ3) is 3.72. The molecule has 0 saturated carbocycles. The lowest BCUT2D eigenvalue weighted by Gasteiger charge is -2.29. The third-order valence-corrected chi connectivity index (χ3v) is 3.27. The lowest BCUT2D eigenvalue weighted by Crippen LogP contribution is -2.49. The van der Waals surface area contributed by atoms with Crippen LogP contribution in [-0.2, 0) is 11.3 Å². The van der Waals surface area contributed by atoms with Gasteiger partial charge in [0.1, 0.15) is 0 Å². The molecule has 1 aliphatic rings. The number of aromatic nitrogens is 2. The highest BCUT2D eigenvalue weighted by atomic mass is 32.1. The van der Waals surface area contributed by atoms with Gasteiger partial charge in [-0.15, -0.1) is 5.10 Å². The van der Waals surface area contributed by atoms with E-state index in [0.29, 0.717) is 13.1 Å². The Hall–Kier alpha value is -1.05. The molecule has 17 heavy (non-hydrogen) atoms. The molecule has 1 amide bonds. The normalized spacial score (nSPS) is 16.5. The Morgan fingerprint density at radius 1 is 1.59 bits per heavy atom. The SMILES string of the molecule is CN(CC(=O)N1CCNCC1)Cc1csnn1. The standard InChI is InChI=1S/C10H17N5OS/c1-14(6-9-8-17-13-12-9)7-10(16)15-4-2-11-3-5-15/h8,11H,2-7H2,1H3. The summed E-state index contributed by atoms with van der Waals surface area (Å²) in [6.07, 6.45) is 0. The highest BCUT2D eigenvalue weighted by Gasteiger charge is 2.17. The molecule has 0 radical (unpaired) electrons. The molecule has 1 aromatic rings. The van der Waals surface area contributed by atoms with Gasteiger partial charge in [0.25, 0.3) is 0 Å². The zero-order chi connectivity index (χ0) is 12.1. The van der Waals surface area contributed by atoms with E-state index in [9.17, 15) is 4.79 Å².